The maximum atomic E-state index is 5.83. The van der Waals surface area contributed by atoms with E-state index >= 15 is 0 Å². The third-order valence-corrected chi connectivity index (χ3v) is 3.45. The van der Waals surface area contributed by atoms with Crippen LogP contribution in [-0.2, 0) is 0 Å². The summed E-state index contributed by atoms with van der Waals surface area (Å²) in [5, 5.41) is 3.52. The van der Waals surface area contributed by atoms with Gasteiger partial charge in [0, 0.05) is 17.5 Å². The SMILES string of the molecule is CC(C)NC1NNC2c3ccccc3OCC12. The van der Waals surface area contributed by atoms with Gasteiger partial charge in [0.2, 0.25) is 0 Å². The second-order valence-corrected chi connectivity index (χ2v) is 5.08. The van der Waals surface area contributed by atoms with Crippen LogP contribution >= 0.6 is 0 Å². The van der Waals surface area contributed by atoms with Gasteiger partial charge >= 0.3 is 0 Å². The molecular weight excluding hydrogens is 214 g/mol. The second kappa shape index (κ2) is 4.29. The quantitative estimate of drug-likeness (QED) is 0.717. The van der Waals surface area contributed by atoms with Gasteiger partial charge in [0.05, 0.1) is 18.8 Å². The zero-order valence-corrected chi connectivity index (χ0v) is 10.2. The van der Waals surface area contributed by atoms with Gasteiger partial charge in [0.15, 0.2) is 0 Å². The van der Waals surface area contributed by atoms with Gasteiger partial charge in [-0.3, -0.25) is 5.32 Å². The Morgan fingerprint density at radius 3 is 2.94 bits per heavy atom. The number of hydrazine groups is 1. The molecule has 1 aromatic rings. The molecule has 3 N–H and O–H groups in total. The molecule has 1 saturated heterocycles. The number of para-hydroxylation sites is 1. The van der Waals surface area contributed by atoms with Gasteiger partial charge in [0.25, 0.3) is 0 Å². The van der Waals surface area contributed by atoms with Crippen molar-refractivity contribution in [2.45, 2.75) is 32.1 Å². The fourth-order valence-corrected chi connectivity index (χ4v) is 2.67. The minimum Gasteiger partial charge on any atom is -0.493 e. The molecule has 2 aliphatic heterocycles. The summed E-state index contributed by atoms with van der Waals surface area (Å²) in [6, 6.07) is 9.07. The average Bonchev–Trinajstić information content (AvgIpc) is 2.72. The van der Waals surface area contributed by atoms with Gasteiger partial charge < -0.3 is 4.74 Å². The highest BCUT2D eigenvalue weighted by Crippen LogP contribution is 2.38. The van der Waals surface area contributed by atoms with E-state index in [4.69, 9.17) is 4.74 Å². The highest BCUT2D eigenvalue weighted by atomic mass is 16.5. The molecule has 2 aliphatic rings. The molecule has 0 aromatic heterocycles. The van der Waals surface area contributed by atoms with Crippen LogP contribution < -0.4 is 20.9 Å². The first-order valence-corrected chi connectivity index (χ1v) is 6.24. The zero-order chi connectivity index (χ0) is 11.8. The van der Waals surface area contributed by atoms with E-state index in [0.29, 0.717) is 18.0 Å². The molecule has 1 fully saturated rings. The van der Waals surface area contributed by atoms with Crippen LogP contribution in [0.25, 0.3) is 0 Å². The van der Waals surface area contributed by atoms with Crippen molar-refractivity contribution in [3.63, 3.8) is 0 Å². The van der Waals surface area contributed by atoms with E-state index in [-0.39, 0.29) is 6.17 Å². The van der Waals surface area contributed by atoms with Crippen LogP contribution in [0.15, 0.2) is 24.3 Å². The smallest absolute Gasteiger partial charge is 0.124 e. The molecule has 1 aromatic carbocycles. The minimum absolute atomic E-state index is 0.272. The van der Waals surface area contributed by atoms with Crippen LogP contribution in [0, 0.1) is 5.92 Å². The highest BCUT2D eigenvalue weighted by Gasteiger charge is 2.41. The monoisotopic (exact) mass is 233 g/mol. The number of fused-ring (bicyclic) bond motifs is 3. The normalized spacial score (nSPS) is 30.9. The Morgan fingerprint density at radius 1 is 1.29 bits per heavy atom. The predicted octanol–water partition coefficient (Wildman–Crippen LogP) is 1.17. The van der Waals surface area contributed by atoms with E-state index in [9.17, 15) is 0 Å². The van der Waals surface area contributed by atoms with Gasteiger partial charge in [0.1, 0.15) is 5.75 Å². The summed E-state index contributed by atoms with van der Waals surface area (Å²) in [7, 11) is 0. The Bertz CT molecular complexity index is 407. The minimum atomic E-state index is 0.272. The third kappa shape index (κ3) is 1.92. The van der Waals surface area contributed by atoms with Crippen LogP contribution in [0.1, 0.15) is 25.5 Å². The molecule has 4 heteroatoms. The lowest BCUT2D eigenvalue weighted by atomic mass is 9.90. The maximum Gasteiger partial charge on any atom is 0.124 e. The van der Waals surface area contributed by atoms with E-state index in [1.807, 2.05) is 12.1 Å². The van der Waals surface area contributed by atoms with E-state index in [2.05, 4.69) is 42.1 Å². The molecule has 0 aliphatic carbocycles. The predicted molar refractivity (Wildman–Crippen MR) is 66.5 cm³/mol. The van der Waals surface area contributed by atoms with Gasteiger partial charge in [-0.2, -0.15) is 0 Å². The molecule has 3 atom stereocenters. The van der Waals surface area contributed by atoms with Crippen molar-refractivity contribution >= 4 is 0 Å². The Balaban J connectivity index is 1.83. The first kappa shape index (κ1) is 11.0. The first-order chi connectivity index (χ1) is 8.25. The number of hydrogen-bond donors (Lipinski definition) is 3. The Kier molecular flexibility index (Phi) is 2.78. The summed E-state index contributed by atoms with van der Waals surface area (Å²) in [6.45, 7) is 5.07. The summed E-state index contributed by atoms with van der Waals surface area (Å²) in [5.74, 6) is 1.44. The first-order valence-electron chi connectivity index (χ1n) is 6.24. The molecule has 3 rings (SSSR count). The van der Waals surface area contributed by atoms with E-state index in [1.54, 1.807) is 0 Å². The maximum absolute atomic E-state index is 5.83. The number of rotatable bonds is 2. The average molecular weight is 233 g/mol. The molecule has 92 valence electrons. The largest absolute Gasteiger partial charge is 0.493 e. The summed E-state index contributed by atoms with van der Waals surface area (Å²) in [5.41, 5.74) is 7.96. The molecule has 0 bridgehead atoms. The number of hydrogen-bond acceptors (Lipinski definition) is 4. The van der Waals surface area contributed by atoms with E-state index < -0.39 is 0 Å². The lowest BCUT2D eigenvalue weighted by molar-refractivity contribution is 0.178. The third-order valence-electron chi connectivity index (χ3n) is 3.45. The summed E-state index contributed by atoms with van der Waals surface area (Å²) < 4.78 is 5.83. The summed E-state index contributed by atoms with van der Waals surface area (Å²) in [6.07, 6.45) is 0.272. The van der Waals surface area contributed by atoms with E-state index in [1.165, 1.54) is 5.56 Å². The molecule has 4 nitrogen and oxygen atoms in total. The Labute approximate surface area is 102 Å². The molecule has 2 heterocycles. The molecule has 0 radical (unpaired) electrons. The van der Waals surface area contributed by atoms with Crippen molar-refractivity contribution in [1.82, 2.24) is 16.2 Å². The summed E-state index contributed by atoms with van der Waals surface area (Å²) in [4.78, 5) is 0. The molecule has 17 heavy (non-hydrogen) atoms. The lowest BCUT2D eigenvalue weighted by Crippen LogP contribution is -2.48. The molecular formula is C13H19N3O. The van der Waals surface area contributed by atoms with Gasteiger partial charge in [-0.05, 0) is 19.9 Å². The zero-order valence-electron chi connectivity index (χ0n) is 10.2. The van der Waals surface area contributed by atoms with Crippen molar-refractivity contribution in [1.29, 1.82) is 0 Å². The van der Waals surface area contributed by atoms with Crippen molar-refractivity contribution in [3.8, 4) is 5.75 Å². The fraction of sp³-hybridized carbons (Fsp3) is 0.538. The number of ether oxygens (including phenoxy) is 1. The van der Waals surface area contributed by atoms with Crippen molar-refractivity contribution in [2.24, 2.45) is 5.92 Å². The topological polar surface area (TPSA) is 45.3 Å². The number of benzene rings is 1. The van der Waals surface area contributed by atoms with Crippen LogP contribution in [0.4, 0.5) is 0 Å². The lowest BCUT2D eigenvalue weighted by Gasteiger charge is -2.30. The van der Waals surface area contributed by atoms with Gasteiger partial charge in [-0.25, -0.2) is 10.9 Å². The fourth-order valence-electron chi connectivity index (χ4n) is 2.67. The molecule has 0 saturated carbocycles. The van der Waals surface area contributed by atoms with Crippen LogP contribution in [0.5, 0.6) is 5.75 Å². The summed E-state index contributed by atoms with van der Waals surface area (Å²) >= 11 is 0. The number of nitrogens with one attached hydrogen (secondary N) is 3. The van der Waals surface area contributed by atoms with E-state index in [0.717, 1.165) is 12.4 Å². The van der Waals surface area contributed by atoms with Gasteiger partial charge in [-0.15, -0.1) is 0 Å². The van der Waals surface area contributed by atoms with Crippen LogP contribution in [-0.4, -0.2) is 18.8 Å². The highest BCUT2D eigenvalue weighted by molar-refractivity contribution is 5.38. The molecule has 0 amide bonds. The molecule has 0 spiro atoms. The van der Waals surface area contributed by atoms with Crippen LogP contribution in [0.2, 0.25) is 0 Å². The van der Waals surface area contributed by atoms with Crippen molar-refractivity contribution in [3.05, 3.63) is 29.8 Å². The Hall–Kier alpha value is -1.10. The Morgan fingerprint density at radius 2 is 2.12 bits per heavy atom. The van der Waals surface area contributed by atoms with Gasteiger partial charge in [-0.1, -0.05) is 18.2 Å². The second-order valence-electron chi connectivity index (χ2n) is 5.08. The van der Waals surface area contributed by atoms with Crippen molar-refractivity contribution < 1.29 is 4.74 Å². The van der Waals surface area contributed by atoms with Crippen LogP contribution in [0.3, 0.4) is 0 Å². The standard InChI is InChI=1S/C13H19N3O/c1-8(2)14-13-10-7-17-11-6-4-3-5-9(11)12(10)15-16-13/h3-6,8,10,12-16H,7H2,1-2H3. The van der Waals surface area contributed by atoms with Crippen molar-refractivity contribution in [2.75, 3.05) is 6.61 Å². The molecule has 3 unspecified atom stereocenters.